The van der Waals surface area contributed by atoms with E-state index in [0.717, 1.165) is 11.3 Å². The molecule has 96 valence electrons. The Morgan fingerprint density at radius 1 is 0.882 bits per heavy atom. The molecule has 0 fully saturated rings. The number of methoxy groups -OCH3 is 1. The van der Waals surface area contributed by atoms with Gasteiger partial charge in [-0.15, -0.1) is 0 Å². The number of ether oxygens (including phenoxy) is 1. The zero-order chi connectivity index (χ0) is 13.4. The Balaban J connectivity index is 3.46. The highest BCUT2D eigenvalue weighted by Gasteiger charge is 2.25. The van der Waals surface area contributed by atoms with Crippen molar-refractivity contribution in [3.05, 3.63) is 29.1 Å². The van der Waals surface area contributed by atoms with E-state index in [1.54, 1.807) is 13.2 Å². The molecule has 1 aromatic rings. The molecule has 0 aliphatic rings. The van der Waals surface area contributed by atoms with Crippen molar-refractivity contribution >= 4 is 0 Å². The molecule has 0 N–H and O–H groups in total. The van der Waals surface area contributed by atoms with Crippen molar-refractivity contribution in [2.45, 2.75) is 52.4 Å². The molecule has 0 unspecified atom stereocenters. The van der Waals surface area contributed by atoms with E-state index in [-0.39, 0.29) is 16.6 Å². The van der Waals surface area contributed by atoms with Crippen molar-refractivity contribution in [2.24, 2.45) is 0 Å². The van der Waals surface area contributed by atoms with Crippen LogP contribution in [0.3, 0.4) is 0 Å². The fourth-order valence-electron chi connectivity index (χ4n) is 1.88. The van der Waals surface area contributed by atoms with Crippen molar-refractivity contribution in [1.29, 1.82) is 0 Å². The van der Waals surface area contributed by atoms with Gasteiger partial charge in [-0.2, -0.15) is 0 Å². The molecule has 0 atom stereocenters. The summed E-state index contributed by atoms with van der Waals surface area (Å²) < 4.78 is 19.5. The van der Waals surface area contributed by atoms with Gasteiger partial charge in [0.25, 0.3) is 0 Å². The van der Waals surface area contributed by atoms with Gasteiger partial charge in [-0.3, -0.25) is 0 Å². The molecule has 0 heterocycles. The molecule has 1 aromatic carbocycles. The predicted octanol–water partition coefficient (Wildman–Crippen LogP) is 4.43. The summed E-state index contributed by atoms with van der Waals surface area (Å²) in [7, 11) is 1.63. The molecule has 0 aliphatic carbocycles. The van der Waals surface area contributed by atoms with Gasteiger partial charge >= 0.3 is 0 Å². The minimum Gasteiger partial charge on any atom is -0.496 e. The lowest BCUT2D eigenvalue weighted by molar-refractivity contribution is 0.391. The average Bonchev–Trinajstić information content (AvgIpc) is 2.14. The molecule has 0 amide bonds. The van der Waals surface area contributed by atoms with E-state index >= 15 is 0 Å². The Bertz CT molecular complexity index is 408. The second kappa shape index (κ2) is 4.32. The number of hydrogen-bond acceptors (Lipinski definition) is 1. The quantitative estimate of drug-likeness (QED) is 0.703. The third kappa shape index (κ3) is 2.99. The van der Waals surface area contributed by atoms with Gasteiger partial charge < -0.3 is 4.74 Å². The zero-order valence-corrected chi connectivity index (χ0v) is 11.9. The first-order chi connectivity index (χ1) is 7.57. The number of benzene rings is 1. The van der Waals surface area contributed by atoms with Gasteiger partial charge in [0.1, 0.15) is 11.6 Å². The van der Waals surface area contributed by atoms with E-state index in [4.69, 9.17) is 4.74 Å². The average molecular weight is 238 g/mol. The van der Waals surface area contributed by atoms with Crippen LogP contribution in [0.4, 0.5) is 4.39 Å². The molecule has 0 saturated heterocycles. The minimum atomic E-state index is -0.215. The smallest absolute Gasteiger partial charge is 0.127 e. The summed E-state index contributed by atoms with van der Waals surface area (Å²) in [6.07, 6.45) is 0. The van der Waals surface area contributed by atoms with Crippen LogP contribution in [0.15, 0.2) is 12.1 Å². The molecule has 0 aliphatic heterocycles. The van der Waals surface area contributed by atoms with Crippen molar-refractivity contribution < 1.29 is 9.13 Å². The van der Waals surface area contributed by atoms with E-state index in [0.29, 0.717) is 5.56 Å². The van der Waals surface area contributed by atoms with Gasteiger partial charge in [0.15, 0.2) is 0 Å². The summed E-state index contributed by atoms with van der Waals surface area (Å²) in [5, 5.41) is 0. The molecule has 0 aromatic heterocycles. The lowest BCUT2D eigenvalue weighted by Gasteiger charge is -2.26. The third-order valence-electron chi connectivity index (χ3n) is 2.91. The first-order valence-electron chi connectivity index (χ1n) is 5.96. The summed E-state index contributed by atoms with van der Waals surface area (Å²) >= 11 is 0. The van der Waals surface area contributed by atoms with Crippen LogP contribution in [0, 0.1) is 5.82 Å². The van der Waals surface area contributed by atoms with Crippen LogP contribution in [-0.4, -0.2) is 7.11 Å². The zero-order valence-electron chi connectivity index (χ0n) is 11.9. The fourth-order valence-corrected chi connectivity index (χ4v) is 1.88. The first-order valence-corrected chi connectivity index (χ1v) is 5.96. The number of halogens is 1. The third-order valence-corrected chi connectivity index (χ3v) is 2.91. The maximum absolute atomic E-state index is 14.1. The van der Waals surface area contributed by atoms with Crippen LogP contribution >= 0.6 is 0 Å². The monoisotopic (exact) mass is 238 g/mol. The molecule has 1 nitrogen and oxygen atoms in total. The molecule has 1 rings (SSSR count). The Hall–Kier alpha value is -1.05. The lowest BCUT2D eigenvalue weighted by Crippen LogP contribution is -2.18. The molecule has 2 heteroatoms. The van der Waals surface area contributed by atoms with Gasteiger partial charge in [0.2, 0.25) is 0 Å². The number of rotatable bonds is 1. The predicted molar refractivity (Wildman–Crippen MR) is 70.4 cm³/mol. The Morgan fingerprint density at radius 2 is 1.35 bits per heavy atom. The second-order valence-electron chi connectivity index (χ2n) is 6.53. The SMILES string of the molecule is COc1cc(C(C)(C)C)c(F)cc1C(C)(C)C. The van der Waals surface area contributed by atoms with Crippen LogP contribution in [0.5, 0.6) is 5.75 Å². The van der Waals surface area contributed by atoms with E-state index in [9.17, 15) is 4.39 Å². The van der Waals surface area contributed by atoms with Crippen LogP contribution in [0.25, 0.3) is 0 Å². The molecule has 0 radical (unpaired) electrons. The van der Waals surface area contributed by atoms with Crippen LogP contribution in [0.2, 0.25) is 0 Å². The summed E-state index contributed by atoms with van der Waals surface area (Å²) in [5.74, 6) is 0.618. The highest BCUT2D eigenvalue weighted by molar-refractivity contribution is 5.44. The van der Waals surface area contributed by atoms with E-state index in [2.05, 4.69) is 20.8 Å². The maximum Gasteiger partial charge on any atom is 0.127 e. The van der Waals surface area contributed by atoms with Gasteiger partial charge in [0, 0.05) is 5.56 Å². The fraction of sp³-hybridized carbons (Fsp3) is 0.600. The summed E-state index contributed by atoms with van der Waals surface area (Å²) in [6.45, 7) is 12.2. The molecular formula is C15H23FO. The molecule has 0 bridgehead atoms. The molecule has 17 heavy (non-hydrogen) atoms. The summed E-state index contributed by atoms with van der Waals surface area (Å²) in [6, 6.07) is 3.44. The Kier molecular flexibility index (Phi) is 3.56. The molecular weight excluding hydrogens is 215 g/mol. The minimum absolute atomic E-state index is 0.122. The van der Waals surface area contributed by atoms with Crippen LogP contribution < -0.4 is 4.74 Å². The first kappa shape index (κ1) is 14.0. The highest BCUT2D eigenvalue weighted by Crippen LogP contribution is 2.36. The normalized spacial score (nSPS) is 12.7. The Labute approximate surface area is 104 Å². The standard InChI is InChI=1S/C15H23FO/c1-14(2,3)10-9-13(17-7)11(8-12(10)16)15(4,5)6/h8-9H,1-7H3. The van der Waals surface area contributed by atoms with Gasteiger partial charge in [-0.05, 0) is 28.5 Å². The van der Waals surface area contributed by atoms with Crippen LogP contribution in [-0.2, 0) is 10.8 Å². The second-order valence-corrected chi connectivity index (χ2v) is 6.53. The van der Waals surface area contributed by atoms with E-state index in [1.165, 1.54) is 0 Å². The molecule has 0 saturated carbocycles. The van der Waals surface area contributed by atoms with Gasteiger partial charge in [-0.1, -0.05) is 41.5 Å². The van der Waals surface area contributed by atoms with Crippen LogP contribution in [0.1, 0.15) is 52.7 Å². The van der Waals surface area contributed by atoms with Gasteiger partial charge in [-0.25, -0.2) is 4.39 Å². The van der Waals surface area contributed by atoms with Crippen molar-refractivity contribution in [2.75, 3.05) is 7.11 Å². The molecule has 0 spiro atoms. The van der Waals surface area contributed by atoms with Crippen molar-refractivity contribution in [1.82, 2.24) is 0 Å². The van der Waals surface area contributed by atoms with Gasteiger partial charge in [0.05, 0.1) is 7.11 Å². The Morgan fingerprint density at radius 3 is 1.71 bits per heavy atom. The van der Waals surface area contributed by atoms with Crippen molar-refractivity contribution in [3.8, 4) is 5.75 Å². The largest absolute Gasteiger partial charge is 0.496 e. The number of hydrogen-bond donors (Lipinski definition) is 0. The summed E-state index contributed by atoms with van der Waals surface area (Å²) in [4.78, 5) is 0. The lowest BCUT2D eigenvalue weighted by atomic mass is 9.81. The van der Waals surface area contributed by atoms with Crippen molar-refractivity contribution in [3.63, 3.8) is 0 Å². The summed E-state index contributed by atoms with van der Waals surface area (Å²) in [5.41, 5.74) is 1.27. The highest BCUT2D eigenvalue weighted by atomic mass is 19.1. The topological polar surface area (TPSA) is 9.23 Å². The van der Waals surface area contributed by atoms with E-state index in [1.807, 2.05) is 26.8 Å². The van der Waals surface area contributed by atoms with E-state index < -0.39 is 0 Å². The maximum atomic E-state index is 14.1.